The fourth-order valence-electron chi connectivity index (χ4n) is 3.06. The van der Waals surface area contributed by atoms with Gasteiger partial charge in [0.15, 0.2) is 5.17 Å². The van der Waals surface area contributed by atoms with Crippen molar-refractivity contribution in [3.63, 3.8) is 0 Å². The van der Waals surface area contributed by atoms with Crippen molar-refractivity contribution in [1.29, 1.82) is 5.41 Å². The summed E-state index contributed by atoms with van der Waals surface area (Å²) >= 11 is 4.93. The zero-order valence-electron chi connectivity index (χ0n) is 15.3. The molecule has 0 aliphatic carbocycles. The molecule has 2 aliphatic rings. The van der Waals surface area contributed by atoms with Gasteiger partial charge in [-0.2, -0.15) is 4.99 Å². The van der Waals surface area contributed by atoms with Crippen LogP contribution in [0, 0.1) is 5.41 Å². The predicted octanol–water partition coefficient (Wildman–Crippen LogP) is 4.82. The summed E-state index contributed by atoms with van der Waals surface area (Å²) in [6, 6.07) is 15.7. The van der Waals surface area contributed by atoms with Gasteiger partial charge in [-0.1, -0.05) is 48.2 Å². The second-order valence-electron chi connectivity index (χ2n) is 6.53. The molecule has 0 unspecified atom stereocenters. The summed E-state index contributed by atoms with van der Waals surface area (Å²) in [5.41, 5.74) is 3.99. The Hall–Kier alpha value is -2.64. The van der Waals surface area contributed by atoms with E-state index < -0.39 is 0 Å². The van der Waals surface area contributed by atoms with Crippen molar-refractivity contribution < 1.29 is 4.79 Å². The minimum atomic E-state index is -0.390. The highest BCUT2D eigenvalue weighted by atomic mass is 79.9. The van der Waals surface area contributed by atoms with E-state index in [-0.39, 0.29) is 17.3 Å². The lowest BCUT2D eigenvalue weighted by atomic mass is 10.1. The van der Waals surface area contributed by atoms with Crippen LogP contribution in [0.15, 0.2) is 69.0 Å². The van der Waals surface area contributed by atoms with Gasteiger partial charge >= 0.3 is 0 Å². The summed E-state index contributed by atoms with van der Waals surface area (Å²) in [6.45, 7) is 0. The number of amides is 1. The normalized spacial score (nSPS) is 17.5. The molecule has 0 fully saturated rings. The number of thioether (sulfide) groups is 1. The highest BCUT2D eigenvalue weighted by molar-refractivity contribution is 9.10. The summed E-state index contributed by atoms with van der Waals surface area (Å²) in [5, 5.41) is 11.1. The number of fused-ring (bicyclic) bond motifs is 1. The quantitative estimate of drug-likeness (QED) is 0.678. The highest BCUT2D eigenvalue weighted by Crippen LogP contribution is 2.37. The van der Waals surface area contributed by atoms with Crippen molar-refractivity contribution >= 4 is 62.1 Å². The third-order valence-corrected chi connectivity index (χ3v) is 5.91. The molecule has 0 saturated heterocycles. The largest absolute Gasteiger partial charge is 0.377 e. The molecule has 4 rings (SSSR count). The monoisotopic (exact) mass is 452 g/mol. The second-order valence-corrected chi connectivity index (χ2v) is 8.22. The van der Waals surface area contributed by atoms with E-state index in [1.165, 1.54) is 11.8 Å². The molecule has 2 aromatic carbocycles. The van der Waals surface area contributed by atoms with Crippen LogP contribution in [0.1, 0.15) is 11.1 Å². The second kappa shape index (κ2) is 7.41. The van der Waals surface area contributed by atoms with Crippen molar-refractivity contribution in [1.82, 2.24) is 4.90 Å². The Balaban J connectivity index is 1.71. The molecule has 5 nitrogen and oxygen atoms in total. The maximum Gasteiger partial charge on any atom is 0.283 e. The number of hydrogen-bond acceptors (Lipinski definition) is 4. The first-order valence-electron chi connectivity index (χ1n) is 8.58. The maximum absolute atomic E-state index is 12.6. The van der Waals surface area contributed by atoms with Crippen LogP contribution < -0.4 is 4.90 Å². The van der Waals surface area contributed by atoms with E-state index in [1.807, 2.05) is 72.9 Å². The van der Waals surface area contributed by atoms with Gasteiger partial charge in [-0.05, 0) is 45.3 Å². The van der Waals surface area contributed by atoms with Gasteiger partial charge in [-0.3, -0.25) is 15.1 Å². The molecule has 1 amide bonds. The van der Waals surface area contributed by atoms with Crippen LogP contribution in [-0.2, 0) is 4.79 Å². The van der Waals surface area contributed by atoms with Gasteiger partial charge in [0, 0.05) is 24.0 Å². The molecule has 0 aromatic heterocycles. The summed E-state index contributed by atoms with van der Waals surface area (Å²) in [4.78, 5) is 20.5. The van der Waals surface area contributed by atoms with Crippen LogP contribution in [-0.4, -0.2) is 35.9 Å². The summed E-state index contributed by atoms with van der Waals surface area (Å²) in [7, 11) is 3.94. The SMILES string of the molecule is CN(C)c1ccc(/C=C2\C(=N)N3C(c4ccccc4)=CSC3=NC2=O)cc1Br. The summed E-state index contributed by atoms with van der Waals surface area (Å²) < 4.78 is 0.924. The van der Waals surface area contributed by atoms with Crippen molar-refractivity contribution in [2.24, 2.45) is 4.99 Å². The molecule has 2 aliphatic heterocycles. The van der Waals surface area contributed by atoms with Gasteiger partial charge in [0.1, 0.15) is 5.84 Å². The third kappa shape index (κ3) is 3.31. The highest BCUT2D eigenvalue weighted by Gasteiger charge is 2.36. The van der Waals surface area contributed by atoms with Crippen LogP contribution in [0.2, 0.25) is 0 Å². The number of nitrogens with one attached hydrogen (secondary N) is 1. The van der Waals surface area contributed by atoms with Crippen LogP contribution in [0.25, 0.3) is 11.8 Å². The minimum absolute atomic E-state index is 0.142. The number of hydrogen-bond donors (Lipinski definition) is 1. The molecule has 0 bridgehead atoms. The summed E-state index contributed by atoms with van der Waals surface area (Å²) in [6.07, 6.45) is 1.72. The zero-order chi connectivity index (χ0) is 19.8. The van der Waals surface area contributed by atoms with Crippen molar-refractivity contribution in [3.8, 4) is 0 Å². The predicted molar refractivity (Wildman–Crippen MR) is 120 cm³/mol. The van der Waals surface area contributed by atoms with Crippen molar-refractivity contribution in [3.05, 3.63) is 75.1 Å². The standard InChI is InChI=1S/C21H17BrN4OS/c1-25(2)17-9-8-13(11-16(17)22)10-15-19(23)26-18(14-6-4-3-5-7-14)12-28-21(26)24-20(15)27/h3-12,23H,1-2H3/b15-10+,23-19?. The Bertz CT molecular complexity index is 1070. The molecular formula is C21H17BrN4OS. The van der Waals surface area contributed by atoms with E-state index in [2.05, 4.69) is 20.9 Å². The number of aliphatic imine (C=N–C) groups is 1. The molecule has 7 heteroatoms. The number of nitrogens with zero attached hydrogens (tertiary/aromatic N) is 3. The van der Waals surface area contributed by atoms with Gasteiger partial charge in [0.25, 0.3) is 5.91 Å². The molecule has 1 N–H and O–H groups in total. The molecule has 140 valence electrons. The first-order chi connectivity index (χ1) is 13.5. The third-order valence-electron chi connectivity index (χ3n) is 4.45. The fraction of sp³-hybridized carbons (Fsp3) is 0.0952. The van der Waals surface area contributed by atoms with E-state index in [9.17, 15) is 4.79 Å². The molecule has 0 saturated carbocycles. The number of carbonyl (C=O) groups is 1. The Kier molecular flexibility index (Phi) is 4.95. The van der Waals surface area contributed by atoms with Crippen LogP contribution in [0.3, 0.4) is 0 Å². The van der Waals surface area contributed by atoms with Gasteiger partial charge in [0.2, 0.25) is 0 Å². The molecular weight excluding hydrogens is 436 g/mol. The smallest absolute Gasteiger partial charge is 0.283 e. The lowest BCUT2D eigenvalue weighted by molar-refractivity contribution is -0.114. The van der Waals surface area contributed by atoms with Gasteiger partial charge < -0.3 is 4.90 Å². The Morgan fingerprint density at radius 1 is 1.18 bits per heavy atom. The number of carbonyl (C=O) groups excluding carboxylic acids is 1. The Morgan fingerprint density at radius 3 is 2.61 bits per heavy atom. The first-order valence-corrected chi connectivity index (χ1v) is 10.3. The number of benzene rings is 2. The first kappa shape index (κ1) is 18.7. The van der Waals surface area contributed by atoms with E-state index in [4.69, 9.17) is 5.41 Å². The fourth-order valence-corrected chi connectivity index (χ4v) is 4.70. The Morgan fingerprint density at radius 2 is 1.93 bits per heavy atom. The minimum Gasteiger partial charge on any atom is -0.377 e. The Labute approximate surface area is 176 Å². The number of anilines is 1. The van der Waals surface area contributed by atoms with Crippen LogP contribution in [0.4, 0.5) is 5.69 Å². The molecule has 2 heterocycles. The number of amidine groups is 2. The van der Waals surface area contributed by atoms with E-state index >= 15 is 0 Å². The van der Waals surface area contributed by atoms with Crippen molar-refractivity contribution in [2.75, 3.05) is 19.0 Å². The molecule has 28 heavy (non-hydrogen) atoms. The maximum atomic E-state index is 12.6. The molecule has 0 atom stereocenters. The lowest BCUT2D eigenvalue weighted by Crippen LogP contribution is -2.38. The number of halogens is 1. The van der Waals surface area contributed by atoms with Crippen LogP contribution >= 0.6 is 27.7 Å². The molecule has 2 aromatic rings. The average molecular weight is 453 g/mol. The average Bonchev–Trinajstić information content (AvgIpc) is 3.09. The molecule has 0 spiro atoms. The van der Waals surface area contributed by atoms with Gasteiger partial charge in [0.05, 0.1) is 17.0 Å². The van der Waals surface area contributed by atoms with Gasteiger partial charge in [-0.15, -0.1) is 0 Å². The zero-order valence-corrected chi connectivity index (χ0v) is 17.7. The topological polar surface area (TPSA) is 59.8 Å². The van der Waals surface area contributed by atoms with E-state index in [1.54, 1.807) is 11.0 Å². The van der Waals surface area contributed by atoms with Crippen LogP contribution in [0.5, 0.6) is 0 Å². The van der Waals surface area contributed by atoms with Crippen molar-refractivity contribution in [2.45, 2.75) is 0 Å². The van der Waals surface area contributed by atoms with Gasteiger partial charge in [-0.25, -0.2) is 0 Å². The summed E-state index contributed by atoms with van der Waals surface area (Å²) in [5.74, 6) is -0.248. The number of rotatable bonds is 3. The van der Waals surface area contributed by atoms with E-state index in [0.29, 0.717) is 5.17 Å². The lowest BCUT2D eigenvalue weighted by Gasteiger charge is -2.27. The molecule has 0 radical (unpaired) electrons. The van der Waals surface area contributed by atoms with E-state index in [0.717, 1.165) is 27.0 Å².